The molecule has 0 spiro atoms. The van der Waals surface area contributed by atoms with Gasteiger partial charge in [-0.1, -0.05) is 25.5 Å². The van der Waals surface area contributed by atoms with Crippen molar-refractivity contribution in [3.05, 3.63) is 11.6 Å². The summed E-state index contributed by atoms with van der Waals surface area (Å²) in [5.74, 6) is 1.37. The number of ether oxygens (including phenoxy) is 1. The third-order valence-electron chi connectivity index (χ3n) is 8.37. The predicted octanol–water partition coefficient (Wildman–Crippen LogP) is 3.30. The van der Waals surface area contributed by atoms with Crippen LogP contribution in [0.1, 0.15) is 58.8 Å². The number of aliphatic hydroxyl groups excluding tert-OH is 2. The van der Waals surface area contributed by atoms with Crippen LogP contribution in [0.5, 0.6) is 0 Å². The van der Waals surface area contributed by atoms with Gasteiger partial charge >= 0.3 is 0 Å². The molecule has 0 aliphatic heterocycles. The van der Waals surface area contributed by atoms with E-state index < -0.39 is 0 Å². The third-order valence-corrected chi connectivity index (χ3v) is 8.37. The van der Waals surface area contributed by atoms with Crippen LogP contribution in [-0.4, -0.2) is 35.6 Å². The summed E-state index contributed by atoms with van der Waals surface area (Å²) in [7, 11) is 1.81. The van der Waals surface area contributed by atoms with Crippen LogP contribution < -0.4 is 0 Å². The van der Waals surface area contributed by atoms with Crippen LogP contribution in [0.25, 0.3) is 0 Å². The highest BCUT2D eigenvalue weighted by molar-refractivity contribution is 5.28. The summed E-state index contributed by atoms with van der Waals surface area (Å²) >= 11 is 0. The van der Waals surface area contributed by atoms with Crippen molar-refractivity contribution in [2.75, 3.05) is 7.11 Å². The topological polar surface area (TPSA) is 49.7 Å². The smallest absolute Gasteiger partial charge is 0.0757 e. The molecule has 3 saturated carbocycles. The van der Waals surface area contributed by atoms with E-state index >= 15 is 0 Å². The van der Waals surface area contributed by atoms with Gasteiger partial charge in [0.15, 0.2) is 0 Å². The molecule has 8 atom stereocenters. The summed E-state index contributed by atoms with van der Waals surface area (Å²) in [6, 6.07) is 0. The molecular weight excluding hydrogens is 288 g/mol. The van der Waals surface area contributed by atoms with Crippen LogP contribution in [0.15, 0.2) is 11.6 Å². The molecule has 4 aliphatic carbocycles. The average Bonchev–Trinajstić information content (AvgIpc) is 2.83. The number of aliphatic hydroxyl groups is 2. The first-order valence-corrected chi connectivity index (χ1v) is 9.50. The van der Waals surface area contributed by atoms with Crippen molar-refractivity contribution in [2.45, 2.75) is 77.1 Å². The molecule has 23 heavy (non-hydrogen) atoms. The molecule has 0 aromatic heterocycles. The van der Waals surface area contributed by atoms with Gasteiger partial charge in [-0.3, -0.25) is 0 Å². The first-order valence-electron chi connectivity index (χ1n) is 9.50. The molecule has 0 bridgehead atoms. The Balaban J connectivity index is 1.70. The number of hydrogen-bond acceptors (Lipinski definition) is 3. The molecule has 130 valence electrons. The minimum Gasteiger partial charge on any atom is -0.393 e. The minimum atomic E-state index is -0.339. The van der Waals surface area contributed by atoms with Gasteiger partial charge in [0, 0.05) is 7.11 Å². The maximum Gasteiger partial charge on any atom is 0.0757 e. The Labute approximate surface area is 140 Å². The highest BCUT2D eigenvalue weighted by Crippen LogP contribution is 2.64. The van der Waals surface area contributed by atoms with E-state index in [4.69, 9.17) is 4.74 Å². The zero-order valence-electron chi connectivity index (χ0n) is 14.8. The van der Waals surface area contributed by atoms with E-state index in [1.165, 1.54) is 12.0 Å². The summed E-state index contributed by atoms with van der Waals surface area (Å²) in [6.07, 6.45) is 9.52. The lowest BCUT2D eigenvalue weighted by molar-refractivity contribution is -0.106. The first kappa shape index (κ1) is 16.1. The van der Waals surface area contributed by atoms with Gasteiger partial charge in [0.2, 0.25) is 0 Å². The summed E-state index contributed by atoms with van der Waals surface area (Å²) in [5, 5.41) is 21.5. The molecule has 3 heteroatoms. The van der Waals surface area contributed by atoms with E-state index in [1.54, 1.807) is 0 Å². The average molecular weight is 320 g/mol. The lowest BCUT2D eigenvalue weighted by Crippen LogP contribution is -2.55. The van der Waals surface area contributed by atoms with Gasteiger partial charge in [-0.05, 0) is 73.5 Å². The molecule has 0 saturated heterocycles. The first-order chi connectivity index (χ1) is 10.9. The highest BCUT2D eigenvalue weighted by atomic mass is 16.5. The van der Waals surface area contributed by atoms with Crippen molar-refractivity contribution < 1.29 is 14.9 Å². The molecule has 2 N–H and O–H groups in total. The van der Waals surface area contributed by atoms with Crippen molar-refractivity contribution in [3.8, 4) is 0 Å². The second-order valence-electron chi connectivity index (χ2n) is 9.13. The molecule has 3 fully saturated rings. The molecular formula is C20H32O3. The normalized spacial score (nSPS) is 55.6. The minimum absolute atomic E-state index is 0.0214. The lowest BCUT2D eigenvalue weighted by atomic mass is 9.47. The molecule has 4 rings (SSSR count). The Morgan fingerprint density at radius 1 is 1.04 bits per heavy atom. The van der Waals surface area contributed by atoms with Gasteiger partial charge < -0.3 is 14.9 Å². The predicted molar refractivity (Wildman–Crippen MR) is 89.9 cm³/mol. The zero-order chi connectivity index (χ0) is 16.4. The van der Waals surface area contributed by atoms with E-state index in [-0.39, 0.29) is 23.0 Å². The van der Waals surface area contributed by atoms with Gasteiger partial charge in [-0.2, -0.15) is 0 Å². The largest absolute Gasteiger partial charge is 0.393 e. The SMILES string of the molecule is CO[C@H]1CC[C@@]2(C)C(=CC(O)[C@H]3[C@@H]4CC[C@H](O)[C@@]4(C)CC[C@@H]32)C1. The fourth-order valence-corrected chi connectivity index (χ4v) is 6.79. The third kappa shape index (κ3) is 2.12. The van der Waals surface area contributed by atoms with E-state index in [2.05, 4.69) is 19.9 Å². The van der Waals surface area contributed by atoms with Gasteiger partial charge in [-0.25, -0.2) is 0 Å². The van der Waals surface area contributed by atoms with E-state index in [0.717, 1.165) is 38.5 Å². The Morgan fingerprint density at radius 2 is 1.83 bits per heavy atom. The second kappa shape index (κ2) is 5.31. The Bertz CT molecular complexity index is 515. The second-order valence-corrected chi connectivity index (χ2v) is 9.13. The van der Waals surface area contributed by atoms with Crippen molar-refractivity contribution in [1.29, 1.82) is 0 Å². The van der Waals surface area contributed by atoms with E-state index in [9.17, 15) is 10.2 Å². The van der Waals surface area contributed by atoms with E-state index in [1.807, 2.05) is 7.11 Å². The molecule has 0 amide bonds. The molecule has 1 unspecified atom stereocenters. The maximum absolute atomic E-state index is 11.0. The van der Waals surface area contributed by atoms with E-state index in [0.29, 0.717) is 23.9 Å². The number of methoxy groups -OCH3 is 1. The van der Waals surface area contributed by atoms with Crippen LogP contribution in [0.4, 0.5) is 0 Å². The Hall–Kier alpha value is -0.380. The van der Waals surface area contributed by atoms with Crippen molar-refractivity contribution in [2.24, 2.45) is 28.6 Å². The maximum atomic E-state index is 11.0. The van der Waals surface area contributed by atoms with Gasteiger partial charge in [0.25, 0.3) is 0 Å². The molecule has 0 radical (unpaired) electrons. The number of rotatable bonds is 1. The standard InChI is InChI=1S/C20H32O3/c1-19-8-6-13(23-3)10-12(19)11-16(21)18-14-4-5-17(22)20(14,2)9-7-15(18)19/h11,13-18,21-22H,4-10H2,1-3H3/t13-,14-,15-,16?,17-,18-,19-,20-/m0/s1. The van der Waals surface area contributed by atoms with Gasteiger partial charge in [0.1, 0.15) is 0 Å². The summed E-state index contributed by atoms with van der Waals surface area (Å²) < 4.78 is 5.60. The van der Waals surface area contributed by atoms with Crippen LogP contribution in [-0.2, 0) is 4.74 Å². The summed E-state index contributed by atoms with van der Waals surface area (Å²) in [5.41, 5.74) is 1.69. The summed E-state index contributed by atoms with van der Waals surface area (Å²) in [4.78, 5) is 0. The number of fused-ring (bicyclic) bond motifs is 5. The summed E-state index contributed by atoms with van der Waals surface area (Å²) in [6.45, 7) is 4.70. The van der Waals surface area contributed by atoms with Gasteiger partial charge in [-0.15, -0.1) is 0 Å². The fraction of sp³-hybridized carbons (Fsp3) is 0.900. The molecule has 0 aromatic rings. The van der Waals surface area contributed by atoms with Crippen LogP contribution in [0.3, 0.4) is 0 Å². The molecule has 3 nitrogen and oxygen atoms in total. The fourth-order valence-electron chi connectivity index (χ4n) is 6.79. The highest BCUT2D eigenvalue weighted by Gasteiger charge is 2.60. The van der Waals surface area contributed by atoms with Crippen LogP contribution in [0.2, 0.25) is 0 Å². The van der Waals surface area contributed by atoms with Crippen LogP contribution in [0, 0.1) is 28.6 Å². The number of hydrogen-bond donors (Lipinski definition) is 2. The molecule has 4 aliphatic rings. The van der Waals surface area contributed by atoms with Crippen molar-refractivity contribution >= 4 is 0 Å². The quantitative estimate of drug-likeness (QED) is 0.729. The molecule has 0 aromatic carbocycles. The van der Waals surface area contributed by atoms with Crippen LogP contribution >= 0.6 is 0 Å². The lowest BCUT2D eigenvalue weighted by Gasteiger charge is -2.58. The molecule has 0 heterocycles. The zero-order valence-corrected chi connectivity index (χ0v) is 14.8. The Morgan fingerprint density at radius 3 is 2.57 bits per heavy atom. The van der Waals surface area contributed by atoms with Crippen molar-refractivity contribution in [3.63, 3.8) is 0 Å². The Kier molecular flexibility index (Phi) is 3.72. The van der Waals surface area contributed by atoms with Crippen molar-refractivity contribution in [1.82, 2.24) is 0 Å². The van der Waals surface area contributed by atoms with Gasteiger partial charge in [0.05, 0.1) is 18.3 Å². The monoisotopic (exact) mass is 320 g/mol.